The molecule has 0 aliphatic heterocycles. The SMILES string of the molecule is Cc1ccc(Nc2cc(Nc3ccc(C(=O)O)cc3)ncn2)cc1Br. The Labute approximate surface area is 153 Å². The number of nitrogens with one attached hydrogen (secondary N) is 2. The van der Waals surface area contributed by atoms with Crippen LogP contribution in [0.25, 0.3) is 0 Å². The fraction of sp³-hybridized carbons (Fsp3) is 0.0556. The van der Waals surface area contributed by atoms with Gasteiger partial charge in [0.05, 0.1) is 5.56 Å². The number of benzene rings is 2. The molecular weight excluding hydrogens is 384 g/mol. The highest BCUT2D eigenvalue weighted by molar-refractivity contribution is 9.10. The molecule has 2 aromatic carbocycles. The molecule has 0 unspecified atom stereocenters. The minimum Gasteiger partial charge on any atom is -0.478 e. The van der Waals surface area contributed by atoms with E-state index in [-0.39, 0.29) is 5.56 Å². The topological polar surface area (TPSA) is 87.1 Å². The monoisotopic (exact) mass is 398 g/mol. The third-order valence-corrected chi connectivity index (χ3v) is 4.37. The normalized spacial score (nSPS) is 10.3. The summed E-state index contributed by atoms with van der Waals surface area (Å²) in [6.45, 7) is 2.02. The van der Waals surface area contributed by atoms with Crippen molar-refractivity contribution < 1.29 is 9.90 Å². The molecule has 1 heterocycles. The number of carbonyl (C=O) groups is 1. The van der Waals surface area contributed by atoms with Gasteiger partial charge in [0.25, 0.3) is 0 Å². The van der Waals surface area contributed by atoms with Crippen LogP contribution >= 0.6 is 15.9 Å². The Morgan fingerprint density at radius 2 is 1.56 bits per heavy atom. The molecule has 0 aliphatic rings. The summed E-state index contributed by atoms with van der Waals surface area (Å²) in [7, 11) is 0. The van der Waals surface area contributed by atoms with E-state index in [9.17, 15) is 4.79 Å². The van der Waals surface area contributed by atoms with Gasteiger partial charge in [-0.05, 0) is 48.9 Å². The molecule has 0 bridgehead atoms. The Kier molecular flexibility index (Phi) is 4.95. The number of nitrogens with zero attached hydrogens (tertiary/aromatic N) is 2. The second kappa shape index (κ2) is 7.31. The lowest BCUT2D eigenvalue weighted by molar-refractivity contribution is 0.0697. The molecule has 0 radical (unpaired) electrons. The minimum atomic E-state index is -0.954. The highest BCUT2D eigenvalue weighted by Crippen LogP contribution is 2.24. The van der Waals surface area contributed by atoms with E-state index in [2.05, 4.69) is 36.5 Å². The Morgan fingerprint density at radius 3 is 2.16 bits per heavy atom. The van der Waals surface area contributed by atoms with Crippen LogP contribution < -0.4 is 10.6 Å². The van der Waals surface area contributed by atoms with E-state index in [1.54, 1.807) is 18.2 Å². The van der Waals surface area contributed by atoms with Gasteiger partial charge in [-0.25, -0.2) is 14.8 Å². The summed E-state index contributed by atoms with van der Waals surface area (Å²) in [6.07, 6.45) is 1.46. The summed E-state index contributed by atoms with van der Waals surface area (Å²) in [4.78, 5) is 19.3. The quantitative estimate of drug-likeness (QED) is 0.575. The first kappa shape index (κ1) is 16.9. The van der Waals surface area contributed by atoms with Gasteiger partial charge in [-0.1, -0.05) is 22.0 Å². The zero-order valence-corrected chi connectivity index (χ0v) is 14.9. The molecule has 0 spiro atoms. The van der Waals surface area contributed by atoms with Gasteiger partial charge in [-0.15, -0.1) is 0 Å². The molecule has 3 rings (SSSR count). The number of aromatic carboxylic acids is 1. The van der Waals surface area contributed by atoms with E-state index in [0.717, 1.165) is 21.4 Å². The average Bonchev–Trinajstić information content (AvgIpc) is 2.59. The number of carboxylic acid groups (broad SMARTS) is 1. The lowest BCUT2D eigenvalue weighted by Crippen LogP contribution is -2.00. The third kappa shape index (κ3) is 4.33. The van der Waals surface area contributed by atoms with Crippen molar-refractivity contribution in [2.45, 2.75) is 6.92 Å². The molecule has 6 nitrogen and oxygen atoms in total. The van der Waals surface area contributed by atoms with Crippen molar-refractivity contribution in [1.29, 1.82) is 0 Å². The van der Waals surface area contributed by atoms with Crippen LogP contribution in [-0.2, 0) is 0 Å². The van der Waals surface area contributed by atoms with Crippen molar-refractivity contribution in [3.63, 3.8) is 0 Å². The Balaban J connectivity index is 1.74. The highest BCUT2D eigenvalue weighted by Gasteiger charge is 2.04. The van der Waals surface area contributed by atoms with Gasteiger partial charge in [0.15, 0.2) is 0 Å². The highest BCUT2D eigenvalue weighted by atomic mass is 79.9. The molecular formula is C18H15BrN4O2. The summed E-state index contributed by atoms with van der Waals surface area (Å²) in [5, 5.41) is 15.3. The first-order valence-corrected chi connectivity index (χ1v) is 8.26. The number of anilines is 4. The number of aryl methyl sites for hydroxylation is 1. The van der Waals surface area contributed by atoms with E-state index in [4.69, 9.17) is 5.11 Å². The fourth-order valence-electron chi connectivity index (χ4n) is 2.16. The van der Waals surface area contributed by atoms with Crippen LogP contribution in [0, 0.1) is 6.92 Å². The molecule has 0 aliphatic carbocycles. The van der Waals surface area contributed by atoms with Crippen molar-refractivity contribution in [2.75, 3.05) is 10.6 Å². The van der Waals surface area contributed by atoms with Crippen molar-refractivity contribution in [2.24, 2.45) is 0 Å². The van der Waals surface area contributed by atoms with Crippen LogP contribution in [-0.4, -0.2) is 21.0 Å². The maximum absolute atomic E-state index is 10.9. The Hall–Kier alpha value is -2.93. The van der Waals surface area contributed by atoms with Gasteiger partial charge in [-0.3, -0.25) is 0 Å². The zero-order valence-electron chi connectivity index (χ0n) is 13.3. The molecule has 7 heteroatoms. The van der Waals surface area contributed by atoms with Crippen molar-refractivity contribution in [3.8, 4) is 0 Å². The maximum atomic E-state index is 10.9. The summed E-state index contributed by atoms with van der Waals surface area (Å²) in [5.74, 6) is 0.298. The summed E-state index contributed by atoms with van der Waals surface area (Å²) in [5.41, 5.74) is 3.04. The van der Waals surface area contributed by atoms with Crippen LogP contribution in [0.1, 0.15) is 15.9 Å². The molecule has 0 saturated carbocycles. The number of hydrogen-bond donors (Lipinski definition) is 3. The summed E-state index contributed by atoms with van der Waals surface area (Å²) in [6, 6.07) is 14.2. The first-order chi connectivity index (χ1) is 12.0. The number of rotatable bonds is 5. The van der Waals surface area contributed by atoms with E-state index in [1.165, 1.54) is 18.5 Å². The van der Waals surface area contributed by atoms with Crippen molar-refractivity contribution in [3.05, 3.63) is 70.5 Å². The van der Waals surface area contributed by atoms with E-state index < -0.39 is 5.97 Å². The maximum Gasteiger partial charge on any atom is 0.335 e. The molecule has 126 valence electrons. The van der Waals surface area contributed by atoms with Crippen LogP contribution in [0.5, 0.6) is 0 Å². The largest absolute Gasteiger partial charge is 0.478 e. The second-order valence-electron chi connectivity index (χ2n) is 5.38. The van der Waals surface area contributed by atoms with Crippen molar-refractivity contribution >= 4 is 44.9 Å². The van der Waals surface area contributed by atoms with Crippen molar-refractivity contribution in [1.82, 2.24) is 9.97 Å². The van der Waals surface area contributed by atoms with Crippen LogP contribution in [0.4, 0.5) is 23.0 Å². The summed E-state index contributed by atoms with van der Waals surface area (Å²) < 4.78 is 1.02. The van der Waals surface area contributed by atoms with E-state index >= 15 is 0 Å². The van der Waals surface area contributed by atoms with E-state index in [0.29, 0.717) is 11.6 Å². The predicted octanol–water partition coefficient (Wildman–Crippen LogP) is 4.73. The first-order valence-electron chi connectivity index (χ1n) is 7.47. The standard InChI is InChI=1S/C18H15BrN4O2/c1-11-2-5-14(8-15(11)19)23-17-9-16(20-10-21-17)22-13-6-3-12(4-7-13)18(24)25/h2-10H,1H3,(H,24,25)(H2,20,21,22,23). The van der Waals surface area contributed by atoms with Gasteiger partial charge < -0.3 is 15.7 Å². The molecule has 25 heavy (non-hydrogen) atoms. The Morgan fingerprint density at radius 1 is 0.960 bits per heavy atom. The second-order valence-corrected chi connectivity index (χ2v) is 6.24. The minimum absolute atomic E-state index is 0.237. The number of aromatic nitrogens is 2. The molecule has 3 aromatic rings. The molecule has 0 atom stereocenters. The molecule has 0 fully saturated rings. The van der Waals surface area contributed by atoms with Gasteiger partial charge in [0, 0.05) is 21.9 Å². The van der Waals surface area contributed by atoms with E-state index in [1.807, 2.05) is 25.1 Å². The lowest BCUT2D eigenvalue weighted by atomic mass is 10.2. The Bertz CT molecular complexity index is 913. The smallest absolute Gasteiger partial charge is 0.335 e. The molecule has 1 aromatic heterocycles. The van der Waals surface area contributed by atoms with Crippen LogP contribution in [0.3, 0.4) is 0 Å². The number of carboxylic acids is 1. The lowest BCUT2D eigenvalue weighted by Gasteiger charge is -2.10. The third-order valence-electron chi connectivity index (χ3n) is 3.52. The van der Waals surface area contributed by atoms with Gasteiger partial charge in [0.1, 0.15) is 18.0 Å². The molecule has 0 saturated heterocycles. The average molecular weight is 399 g/mol. The molecule has 0 amide bonds. The predicted molar refractivity (Wildman–Crippen MR) is 101 cm³/mol. The van der Waals surface area contributed by atoms with Crippen LogP contribution in [0.15, 0.2) is 59.3 Å². The summed E-state index contributed by atoms with van der Waals surface area (Å²) >= 11 is 3.51. The van der Waals surface area contributed by atoms with Gasteiger partial charge in [0.2, 0.25) is 0 Å². The molecule has 3 N–H and O–H groups in total. The van der Waals surface area contributed by atoms with Gasteiger partial charge in [-0.2, -0.15) is 0 Å². The van der Waals surface area contributed by atoms with Gasteiger partial charge >= 0.3 is 5.97 Å². The number of hydrogen-bond acceptors (Lipinski definition) is 5. The number of halogens is 1. The zero-order chi connectivity index (χ0) is 17.8. The van der Waals surface area contributed by atoms with Crippen LogP contribution in [0.2, 0.25) is 0 Å². The fourth-order valence-corrected chi connectivity index (χ4v) is 2.54.